The molecule has 0 spiro atoms. The zero-order valence-electron chi connectivity index (χ0n) is 10.5. The van der Waals surface area contributed by atoms with Crippen LogP contribution in [0.1, 0.15) is 13.8 Å². The average Bonchev–Trinajstić information content (AvgIpc) is 2.36. The second-order valence-electron chi connectivity index (χ2n) is 3.96. The first kappa shape index (κ1) is 16.0. The van der Waals surface area contributed by atoms with Crippen LogP contribution in [0.4, 0.5) is 5.69 Å². The van der Waals surface area contributed by atoms with Gasteiger partial charge in [0.1, 0.15) is 17.5 Å². The lowest BCUT2D eigenvalue weighted by Crippen LogP contribution is -2.03. The zero-order chi connectivity index (χ0) is 14.4. The third-order valence-electron chi connectivity index (χ3n) is 2.09. The number of hydrogen-bond donors (Lipinski definition) is 1. The highest BCUT2D eigenvalue weighted by Crippen LogP contribution is 2.34. The lowest BCUT2D eigenvalue weighted by Gasteiger charge is -2.10. The van der Waals surface area contributed by atoms with Crippen molar-refractivity contribution in [3.63, 3.8) is 0 Å². The van der Waals surface area contributed by atoms with E-state index in [4.69, 9.17) is 46.0 Å². The van der Waals surface area contributed by atoms with E-state index in [2.05, 4.69) is 16.4 Å². The Morgan fingerprint density at radius 3 is 2.68 bits per heavy atom. The number of hydrogen-bond acceptors (Lipinski definition) is 3. The Morgan fingerprint density at radius 1 is 1.42 bits per heavy atom. The Labute approximate surface area is 127 Å². The molecule has 0 heterocycles. The second kappa shape index (κ2) is 7.49. The van der Waals surface area contributed by atoms with Crippen molar-refractivity contribution >= 4 is 45.7 Å². The van der Waals surface area contributed by atoms with Crippen LogP contribution in [0.25, 0.3) is 0 Å². The standard InChI is InChI=1S/C13H13Cl3N2O/c1-4-5-19-12-7-11(9(14)6-10(12)15)17-18-13(16)8(2)3/h1,6-8,17H,5H2,2-3H3. The zero-order valence-corrected chi connectivity index (χ0v) is 12.8. The molecule has 0 aliphatic rings. The third-order valence-corrected chi connectivity index (χ3v) is 3.22. The maximum Gasteiger partial charge on any atom is 0.148 e. The minimum absolute atomic E-state index is 0.122. The Kier molecular flexibility index (Phi) is 6.30. The molecule has 0 bridgehead atoms. The summed E-state index contributed by atoms with van der Waals surface area (Å²) in [5.41, 5.74) is 3.31. The van der Waals surface area contributed by atoms with Crippen LogP contribution in [0, 0.1) is 18.3 Å². The van der Waals surface area contributed by atoms with Crippen LogP contribution in [-0.2, 0) is 0 Å². The summed E-state index contributed by atoms with van der Waals surface area (Å²) in [6.07, 6.45) is 5.13. The van der Waals surface area contributed by atoms with Crippen LogP contribution in [-0.4, -0.2) is 11.8 Å². The van der Waals surface area contributed by atoms with E-state index < -0.39 is 0 Å². The minimum atomic E-state index is 0.122. The molecular formula is C13H13Cl3N2O. The van der Waals surface area contributed by atoms with Gasteiger partial charge in [0.25, 0.3) is 0 Å². The Bertz CT molecular complexity index is 521. The molecule has 0 amide bonds. The molecule has 0 aromatic heterocycles. The van der Waals surface area contributed by atoms with E-state index in [-0.39, 0.29) is 12.5 Å². The van der Waals surface area contributed by atoms with E-state index in [1.807, 2.05) is 13.8 Å². The summed E-state index contributed by atoms with van der Waals surface area (Å²) >= 11 is 18.0. The molecule has 0 fully saturated rings. The normalized spacial score (nSPS) is 11.3. The van der Waals surface area contributed by atoms with Crippen molar-refractivity contribution in [2.75, 3.05) is 12.0 Å². The van der Waals surface area contributed by atoms with E-state index in [9.17, 15) is 0 Å². The number of terminal acetylenes is 1. The molecule has 0 radical (unpaired) electrons. The number of anilines is 1. The fourth-order valence-corrected chi connectivity index (χ4v) is 1.61. The van der Waals surface area contributed by atoms with Gasteiger partial charge in [-0.05, 0) is 6.07 Å². The molecule has 1 aromatic rings. The second-order valence-corrected chi connectivity index (χ2v) is 5.16. The summed E-state index contributed by atoms with van der Waals surface area (Å²) in [7, 11) is 0. The van der Waals surface area contributed by atoms with Crippen LogP contribution in [0.2, 0.25) is 10.0 Å². The molecular weight excluding hydrogens is 307 g/mol. The number of nitrogens with one attached hydrogen (secondary N) is 1. The topological polar surface area (TPSA) is 33.6 Å². The first-order valence-corrected chi connectivity index (χ1v) is 6.63. The molecule has 6 heteroatoms. The number of nitrogens with zero attached hydrogens (tertiary/aromatic N) is 1. The predicted octanol–water partition coefficient (Wildman–Crippen LogP) is 4.63. The number of rotatable bonds is 5. The lowest BCUT2D eigenvalue weighted by molar-refractivity contribution is 0.371. The van der Waals surface area contributed by atoms with Crippen LogP contribution in [0.3, 0.4) is 0 Å². The van der Waals surface area contributed by atoms with E-state index >= 15 is 0 Å². The molecule has 0 atom stereocenters. The molecule has 0 saturated heterocycles. The van der Waals surface area contributed by atoms with Gasteiger partial charge in [-0.2, -0.15) is 5.10 Å². The quantitative estimate of drug-likeness (QED) is 0.488. The number of benzene rings is 1. The van der Waals surface area contributed by atoms with E-state index in [0.29, 0.717) is 26.7 Å². The highest BCUT2D eigenvalue weighted by atomic mass is 35.5. The number of hydrazone groups is 1. The van der Waals surface area contributed by atoms with Gasteiger partial charge >= 0.3 is 0 Å². The summed E-state index contributed by atoms with van der Waals surface area (Å²) in [4.78, 5) is 0. The first-order chi connectivity index (χ1) is 8.95. The van der Waals surface area contributed by atoms with Gasteiger partial charge in [-0.1, -0.05) is 54.6 Å². The Balaban J connectivity index is 2.95. The summed E-state index contributed by atoms with van der Waals surface area (Å²) in [6.45, 7) is 3.98. The van der Waals surface area contributed by atoms with Crippen molar-refractivity contribution in [2.45, 2.75) is 13.8 Å². The highest BCUT2D eigenvalue weighted by molar-refractivity contribution is 6.65. The van der Waals surface area contributed by atoms with Crippen LogP contribution in [0.5, 0.6) is 5.75 Å². The van der Waals surface area contributed by atoms with Gasteiger partial charge < -0.3 is 4.74 Å². The molecule has 3 nitrogen and oxygen atoms in total. The Morgan fingerprint density at radius 2 is 2.11 bits per heavy atom. The van der Waals surface area contributed by atoms with Crippen LogP contribution in [0.15, 0.2) is 17.2 Å². The maximum atomic E-state index is 6.04. The molecule has 0 saturated carbocycles. The van der Waals surface area contributed by atoms with Crippen molar-refractivity contribution < 1.29 is 4.74 Å². The highest BCUT2D eigenvalue weighted by Gasteiger charge is 2.09. The monoisotopic (exact) mass is 318 g/mol. The third kappa shape index (κ3) is 4.83. The molecule has 19 heavy (non-hydrogen) atoms. The van der Waals surface area contributed by atoms with Crippen molar-refractivity contribution in [3.05, 3.63) is 22.2 Å². The first-order valence-electron chi connectivity index (χ1n) is 5.50. The smallest absolute Gasteiger partial charge is 0.148 e. The van der Waals surface area contributed by atoms with Crippen LogP contribution < -0.4 is 10.2 Å². The number of halogens is 3. The lowest BCUT2D eigenvalue weighted by atomic mass is 10.2. The van der Waals surface area contributed by atoms with E-state index in [1.165, 1.54) is 0 Å². The van der Waals surface area contributed by atoms with Crippen LogP contribution >= 0.6 is 34.8 Å². The summed E-state index contributed by atoms with van der Waals surface area (Å²) in [6, 6.07) is 3.17. The van der Waals surface area contributed by atoms with Crippen molar-refractivity contribution in [3.8, 4) is 18.1 Å². The van der Waals surface area contributed by atoms with Gasteiger partial charge in [-0.3, -0.25) is 5.43 Å². The number of ether oxygens (including phenoxy) is 1. The van der Waals surface area contributed by atoms with Gasteiger partial charge in [0.15, 0.2) is 0 Å². The van der Waals surface area contributed by atoms with E-state index in [1.54, 1.807) is 12.1 Å². The molecule has 1 rings (SSSR count). The molecule has 102 valence electrons. The maximum absolute atomic E-state index is 6.04. The van der Waals surface area contributed by atoms with Gasteiger partial charge in [0.05, 0.1) is 15.7 Å². The molecule has 1 N–H and O–H groups in total. The fourth-order valence-electron chi connectivity index (χ4n) is 1.09. The predicted molar refractivity (Wildman–Crippen MR) is 82.5 cm³/mol. The van der Waals surface area contributed by atoms with Gasteiger partial charge in [0, 0.05) is 12.0 Å². The average molecular weight is 320 g/mol. The summed E-state index contributed by atoms with van der Waals surface area (Å²) in [5.74, 6) is 2.92. The molecule has 0 aliphatic carbocycles. The van der Waals surface area contributed by atoms with Crippen molar-refractivity contribution in [2.24, 2.45) is 11.0 Å². The summed E-state index contributed by atoms with van der Waals surface area (Å²) < 4.78 is 5.29. The van der Waals surface area contributed by atoms with Crippen molar-refractivity contribution in [1.82, 2.24) is 0 Å². The van der Waals surface area contributed by atoms with E-state index in [0.717, 1.165) is 0 Å². The minimum Gasteiger partial charge on any atom is -0.479 e. The SMILES string of the molecule is C#CCOc1cc(NN=C(Cl)C(C)C)c(Cl)cc1Cl. The molecule has 1 aromatic carbocycles. The van der Waals surface area contributed by atoms with Gasteiger partial charge in [-0.15, -0.1) is 6.42 Å². The largest absolute Gasteiger partial charge is 0.479 e. The Hall–Kier alpha value is -1.08. The fraction of sp³-hybridized carbons (Fsp3) is 0.308. The van der Waals surface area contributed by atoms with Crippen molar-refractivity contribution in [1.29, 1.82) is 0 Å². The summed E-state index contributed by atoms with van der Waals surface area (Å²) in [5, 5.41) is 5.25. The van der Waals surface area contributed by atoms with Gasteiger partial charge in [-0.25, -0.2) is 0 Å². The molecule has 0 unspecified atom stereocenters. The molecule has 0 aliphatic heterocycles. The van der Waals surface area contributed by atoms with Gasteiger partial charge in [0.2, 0.25) is 0 Å².